The lowest BCUT2D eigenvalue weighted by Crippen LogP contribution is -2.38. The van der Waals surface area contributed by atoms with Gasteiger partial charge in [-0.15, -0.1) is 5.10 Å². The summed E-state index contributed by atoms with van der Waals surface area (Å²) in [6.45, 7) is 10.2. The molecule has 0 saturated carbocycles. The van der Waals surface area contributed by atoms with Crippen molar-refractivity contribution in [1.29, 1.82) is 0 Å². The molecule has 9 heteroatoms. The Balaban J connectivity index is 1.98. The molecule has 2 N–H and O–H groups in total. The van der Waals surface area contributed by atoms with Gasteiger partial charge in [0.25, 0.3) is 0 Å². The molecule has 0 aliphatic carbocycles. The van der Waals surface area contributed by atoms with E-state index in [0.717, 1.165) is 11.4 Å². The molecule has 0 saturated heterocycles. The van der Waals surface area contributed by atoms with Gasteiger partial charge in [0.2, 0.25) is 16.0 Å². The number of fused-ring (bicyclic) bond motifs is 1. The van der Waals surface area contributed by atoms with Crippen LogP contribution in [0.4, 0.5) is 15.3 Å². The Hall–Kier alpha value is -2.68. The van der Waals surface area contributed by atoms with E-state index in [4.69, 9.17) is 4.98 Å². The van der Waals surface area contributed by atoms with E-state index in [-0.39, 0.29) is 29.8 Å². The van der Waals surface area contributed by atoms with Crippen LogP contribution in [-0.4, -0.2) is 45.7 Å². The van der Waals surface area contributed by atoms with Crippen molar-refractivity contribution in [2.24, 2.45) is 0 Å². The average Bonchev–Trinajstić information content (AvgIpc) is 3.13. The van der Waals surface area contributed by atoms with Crippen molar-refractivity contribution in [3.8, 4) is 11.3 Å². The van der Waals surface area contributed by atoms with E-state index in [2.05, 4.69) is 36.5 Å². The molecule has 29 heavy (non-hydrogen) atoms. The predicted octanol–water partition coefficient (Wildman–Crippen LogP) is 3.77. The van der Waals surface area contributed by atoms with Crippen LogP contribution in [0, 0.1) is 5.82 Å². The summed E-state index contributed by atoms with van der Waals surface area (Å²) in [6, 6.07) is 6.34. The largest absolute Gasteiger partial charge is 0.364 e. The van der Waals surface area contributed by atoms with Crippen molar-refractivity contribution in [2.75, 3.05) is 23.8 Å². The molecule has 3 aromatic rings. The number of likely N-dealkylation sites (N-methyl/N-ethyl adjacent to an activating group) is 1. The van der Waals surface area contributed by atoms with Gasteiger partial charge in [-0.1, -0.05) is 11.3 Å². The minimum atomic E-state index is -0.290. The maximum Gasteiger partial charge on any atom is 0.239 e. The molecule has 2 heterocycles. The minimum Gasteiger partial charge on any atom is -0.364 e. The number of nitrogens with zero attached hydrogens (tertiary/aromatic N) is 4. The zero-order valence-corrected chi connectivity index (χ0v) is 18.4. The zero-order valence-electron chi connectivity index (χ0n) is 17.6. The van der Waals surface area contributed by atoms with Crippen LogP contribution in [-0.2, 0) is 4.79 Å². The first-order valence-electron chi connectivity index (χ1n) is 9.47. The van der Waals surface area contributed by atoms with E-state index in [0.29, 0.717) is 15.8 Å². The smallest absolute Gasteiger partial charge is 0.239 e. The number of amides is 1. The molecule has 0 fully saturated rings. The molecule has 0 radical (unpaired) electrons. The number of nitrogens with one attached hydrogen (secondary N) is 2. The molecule has 0 aliphatic rings. The maximum atomic E-state index is 13.4. The van der Waals surface area contributed by atoms with Crippen LogP contribution in [0.25, 0.3) is 16.2 Å². The van der Waals surface area contributed by atoms with Crippen LogP contribution in [0.3, 0.4) is 0 Å². The summed E-state index contributed by atoms with van der Waals surface area (Å²) in [5.41, 5.74) is 1.30. The Morgan fingerprint density at radius 2 is 1.93 bits per heavy atom. The van der Waals surface area contributed by atoms with E-state index in [1.807, 2.05) is 20.9 Å². The van der Waals surface area contributed by atoms with Gasteiger partial charge < -0.3 is 15.5 Å². The molecule has 2 aromatic heterocycles. The molecule has 7 nitrogen and oxygen atoms in total. The molecule has 0 unspecified atom stereocenters. The fourth-order valence-electron chi connectivity index (χ4n) is 2.82. The first kappa shape index (κ1) is 21.0. The highest BCUT2D eigenvalue weighted by Gasteiger charge is 2.23. The van der Waals surface area contributed by atoms with Crippen LogP contribution in [0.2, 0.25) is 0 Å². The summed E-state index contributed by atoms with van der Waals surface area (Å²) in [5.74, 6) is 0.388. The van der Waals surface area contributed by atoms with Crippen molar-refractivity contribution < 1.29 is 9.18 Å². The number of hydrogen-bond acceptors (Lipinski definition) is 6. The van der Waals surface area contributed by atoms with Gasteiger partial charge in [0.1, 0.15) is 11.5 Å². The molecular weight excluding hydrogens is 391 g/mol. The van der Waals surface area contributed by atoms with Crippen molar-refractivity contribution in [3.05, 3.63) is 30.1 Å². The van der Waals surface area contributed by atoms with Crippen LogP contribution >= 0.6 is 11.3 Å². The van der Waals surface area contributed by atoms with Gasteiger partial charge in [-0.25, -0.2) is 9.37 Å². The molecule has 0 aliphatic heterocycles. The van der Waals surface area contributed by atoms with E-state index in [1.54, 1.807) is 21.5 Å². The molecule has 156 valence electrons. The number of rotatable bonds is 6. The average molecular weight is 419 g/mol. The molecule has 3 rings (SSSR count). The van der Waals surface area contributed by atoms with Crippen LogP contribution in [0.15, 0.2) is 24.3 Å². The summed E-state index contributed by atoms with van der Waals surface area (Å²) in [4.78, 5) is 19.3. The molecular formula is C20H27FN6OS. The first-order valence-corrected chi connectivity index (χ1v) is 10.3. The summed E-state index contributed by atoms with van der Waals surface area (Å²) in [6.07, 6.45) is 0. The minimum absolute atomic E-state index is 0.0598. The lowest BCUT2D eigenvalue weighted by atomic mass is 10.1. The number of imidazole rings is 1. The van der Waals surface area contributed by atoms with Crippen molar-refractivity contribution in [1.82, 2.24) is 19.9 Å². The van der Waals surface area contributed by atoms with Crippen LogP contribution in [0.5, 0.6) is 0 Å². The highest BCUT2D eigenvalue weighted by atomic mass is 32.1. The zero-order chi connectivity index (χ0) is 21.3. The second kappa shape index (κ2) is 7.98. The SMILES string of the molecule is CC(C)NC(=O)CN(C)c1nn2c(NC(C)(C)C)c(-c3ccc(F)cc3)nc2s1. The Morgan fingerprint density at radius 3 is 2.52 bits per heavy atom. The fraction of sp³-hybridized carbons (Fsp3) is 0.450. The maximum absolute atomic E-state index is 13.4. The van der Waals surface area contributed by atoms with Gasteiger partial charge in [-0.2, -0.15) is 4.52 Å². The lowest BCUT2D eigenvalue weighted by molar-refractivity contribution is -0.120. The summed E-state index contributed by atoms with van der Waals surface area (Å²) in [5, 5.41) is 11.7. The van der Waals surface area contributed by atoms with Gasteiger partial charge in [0.15, 0.2) is 5.82 Å². The van der Waals surface area contributed by atoms with E-state index >= 15 is 0 Å². The molecule has 1 aromatic carbocycles. The predicted molar refractivity (Wildman–Crippen MR) is 116 cm³/mol. The molecule has 0 spiro atoms. The highest BCUT2D eigenvalue weighted by molar-refractivity contribution is 7.20. The van der Waals surface area contributed by atoms with E-state index in [9.17, 15) is 9.18 Å². The van der Waals surface area contributed by atoms with Crippen molar-refractivity contribution in [3.63, 3.8) is 0 Å². The van der Waals surface area contributed by atoms with Crippen LogP contribution < -0.4 is 15.5 Å². The molecule has 1 amide bonds. The van der Waals surface area contributed by atoms with Gasteiger partial charge in [0.05, 0.1) is 6.54 Å². The number of carbonyl (C=O) groups is 1. The number of carbonyl (C=O) groups excluding carboxylic acids is 1. The Kier molecular flexibility index (Phi) is 5.79. The normalized spacial score (nSPS) is 11.9. The van der Waals surface area contributed by atoms with Gasteiger partial charge in [-0.3, -0.25) is 4.79 Å². The number of halogens is 1. The second-order valence-electron chi connectivity index (χ2n) is 8.35. The summed E-state index contributed by atoms with van der Waals surface area (Å²) in [7, 11) is 1.83. The van der Waals surface area contributed by atoms with E-state index in [1.165, 1.54) is 23.5 Å². The number of benzene rings is 1. The standard InChI is InChI=1S/C20H27FN6OS/c1-12(2)22-15(28)11-26(6)19-25-27-17(24-20(3,4)5)16(23-18(27)29-19)13-7-9-14(21)10-8-13/h7-10,12,24H,11H2,1-6H3,(H,22,28). The summed E-state index contributed by atoms with van der Waals surface area (Å²) >= 11 is 1.40. The second-order valence-corrected chi connectivity index (χ2v) is 9.28. The Bertz CT molecular complexity index is 1000. The molecule has 0 bridgehead atoms. The van der Waals surface area contributed by atoms with Gasteiger partial charge in [0, 0.05) is 24.2 Å². The number of anilines is 2. The third-order valence-electron chi connectivity index (χ3n) is 3.96. The Labute approximate surface area is 173 Å². The topological polar surface area (TPSA) is 74.6 Å². The third-order valence-corrected chi connectivity index (χ3v) is 4.98. The number of hydrogen-bond donors (Lipinski definition) is 2. The molecule has 0 atom stereocenters. The van der Waals surface area contributed by atoms with Gasteiger partial charge in [-0.05, 0) is 58.9 Å². The number of aromatic nitrogens is 3. The summed E-state index contributed by atoms with van der Waals surface area (Å²) < 4.78 is 15.1. The van der Waals surface area contributed by atoms with E-state index < -0.39 is 0 Å². The van der Waals surface area contributed by atoms with Crippen molar-refractivity contribution >= 4 is 33.2 Å². The van der Waals surface area contributed by atoms with Crippen LogP contribution in [0.1, 0.15) is 34.6 Å². The Morgan fingerprint density at radius 1 is 1.28 bits per heavy atom. The third kappa shape index (κ3) is 5.03. The fourth-order valence-corrected chi connectivity index (χ4v) is 3.68. The first-order chi connectivity index (χ1) is 13.5. The van der Waals surface area contributed by atoms with Gasteiger partial charge >= 0.3 is 0 Å². The highest BCUT2D eigenvalue weighted by Crippen LogP contribution is 2.34. The quantitative estimate of drug-likeness (QED) is 0.637. The lowest BCUT2D eigenvalue weighted by Gasteiger charge is -2.22. The van der Waals surface area contributed by atoms with Crippen molar-refractivity contribution in [2.45, 2.75) is 46.2 Å². The monoisotopic (exact) mass is 418 g/mol.